The summed E-state index contributed by atoms with van der Waals surface area (Å²) in [6.07, 6.45) is -0.0289. The normalized spacial score (nSPS) is 28.5. The van der Waals surface area contributed by atoms with Gasteiger partial charge in [0.05, 0.1) is 25.5 Å². The van der Waals surface area contributed by atoms with Crippen LogP contribution in [0, 0.1) is 0 Å². The first-order valence-corrected chi connectivity index (χ1v) is 3.28. The molecule has 4 heteroatoms. The highest BCUT2D eigenvalue weighted by Crippen LogP contribution is 2.01. The van der Waals surface area contributed by atoms with Crippen molar-refractivity contribution in [3.63, 3.8) is 0 Å². The summed E-state index contributed by atoms with van der Waals surface area (Å²) in [7, 11) is 0. The Balaban J connectivity index is 2.39. The highest BCUT2D eigenvalue weighted by molar-refractivity contribution is 5.86. The summed E-state index contributed by atoms with van der Waals surface area (Å²) < 4.78 is 10.4. The molecule has 2 N–H and O–H groups in total. The lowest BCUT2D eigenvalue weighted by molar-refractivity contribution is -0.0596. The van der Waals surface area contributed by atoms with Gasteiger partial charge in [-0.25, -0.2) is 0 Å². The molecule has 0 aromatic heterocycles. The first-order chi connectivity index (χ1) is 4.84. The zero-order chi connectivity index (χ0) is 7.40. The average Bonchev–Trinajstić information content (AvgIpc) is 2.05. The van der Waals surface area contributed by atoms with E-state index in [1.807, 2.05) is 6.92 Å². The average molecular weight is 144 g/mol. The largest absolute Gasteiger partial charge is 0.376 e. The molecule has 0 radical (unpaired) electrons. The Morgan fingerprint density at radius 2 is 2.40 bits per heavy atom. The highest BCUT2D eigenvalue weighted by Gasteiger charge is 2.16. The van der Waals surface area contributed by atoms with Crippen LogP contribution in [0.4, 0.5) is 0 Å². The van der Waals surface area contributed by atoms with Gasteiger partial charge in [0.1, 0.15) is 6.10 Å². The number of rotatable bonds is 1. The summed E-state index contributed by atoms with van der Waals surface area (Å²) >= 11 is 0. The lowest BCUT2D eigenvalue weighted by Gasteiger charge is -2.21. The van der Waals surface area contributed by atoms with E-state index in [2.05, 4.69) is 5.10 Å². The van der Waals surface area contributed by atoms with Crippen LogP contribution < -0.4 is 5.84 Å². The van der Waals surface area contributed by atoms with Crippen LogP contribution in [0.5, 0.6) is 0 Å². The molecule has 1 rings (SSSR count). The Kier molecular flexibility index (Phi) is 2.65. The fraction of sp³-hybridized carbons (Fsp3) is 0.833. The highest BCUT2D eigenvalue weighted by atomic mass is 16.6. The molecule has 0 bridgehead atoms. The van der Waals surface area contributed by atoms with Gasteiger partial charge < -0.3 is 15.3 Å². The lowest BCUT2D eigenvalue weighted by Crippen LogP contribution is -2.34. The molecular weight excluding hydrogens is 132 g/mol. The summed E-state index contributed by atoms with van der Waals surface area (Å²) in [4.78, 5) is 0. The van der Waals surface area contributed by atoms with Crippen LogP contribution in [0.25, 0.3) is 0 Å². The molecule has 58 valence electrons. The number of hydrogen-bond acceptors (Lipinski definition) is 4. The van der Waals surface area contributed by atoms with E-state index in [0.717, 1.165) is 5.71 Å². The second-order valence-electron chi connectivity index (χ2n) is 2.20. The van der Waals surface area contributed by atoms with Crippen LogP contribution in [-0.2, 0) is 9.47 Å². The van der Waals surface area contributed by atoms with Crippen LogP contribution in [0.2, 0.25) is 0 Å². The summed E-state index contributed by atoms with van der Waals surface area (Å²) in [5, 5.41) is 3.52. The van der Waals surface area contributed by atoms with Crippen molar-refractivity contribution in [2.45, 2.75) is 13.0 Å². The van der Waals surface area contributed by atoms with E-state index >= 15 is 0 Å². The summed E-state index contributed by atoms with van der Waals surface area (Å²) in [6.45, 7) is 3.72. The zero-order valence-electron chi connectivity index (χ0n) is 6.04. The van der Waals surface area contributed by atoms with Crippen LogP contribution in [0.1, 0.15) is 6.92 Å². The molecule has 4 nitrogen and oxygen atoms in total. The van der Waals surface area contributed by atoms with Gasteiger partial charge in [-0.2, -0.15) is 5.10 Å². The Morgan fingerprint density at radius 1 is 1.60 bits per heavy atom. The predicted molar refractivity (Wildman–Crippen MR) is 37.9 cm³/mol. The molecule has 1 atom stereocenters. The molecule has 1 saturated heterocycles. The fourth-order valence-electron chi connectivity index (χ4n) is 0.812. The van der Waals surface area contributed by atoms with Gasteiger partial charge in [-0.1, -0.05) is 0 Å². The maximum absolute atomic E-state index is 5.29. The molecule has 0 aromatic rings. The molecule has 0 aliphatic carbocycles. The number of hydrazone groups is 1. The fourth-order valence-corrected chi connectivity index (χ4v) is 0.812. The first kappa shape index (κ1) is 7.50. The monoisotopic (exact) mass is 144 g/mol. The van der Waals surface area contributed by atoms with E-state index in [9.17, 15) is 0 Å². The van der Waals surface area contributed by atoms with Crippen LogP contribution >= 0.6 is 0 Å². The second-order valence-corrected chi connectivity index (χ2v) is 2.20. The van der Waals surface area contributed by atoms with Gasteiger partial charge in [-0.15, -0.1) is 0 Å². The van der Waals surface area contributed by atoms with Crippen molar-refractivity contribution in [1.82, 2.24) is 0 Å². The van der Waals surface area contributed by atoms with Crippen molar-refractivity contribution in [2.24, 2.45) is 10.9 Å². The third-order valence-corrected chi connectivity index (χ3v) is 1.49. The molecular formula is C6H12N2O2. The molecule has 10 heavy (non-hydrogen) atoms. The second kappa shape index (κ2) is 3.53. The quantitative estimate of drug-likeness (QED) is 0.313. The van der Waals surface area contributed by atoms with Gasteiger partial charge in [-0.3, -0.25) is 0 Å². The minimum atomic E-state index is -0.0289. The molecule has 1 aliphatic heterocycles. The van der Waals surface area contributed by atoms with Crippen molar-refractivity contribution in [3.8, 4) is 0 Å². The molecule has 1 heterocycles. The number of nitrogens with two attached hydrogens (primary N) is 1. The molecule has 1 fully saturated rings. The van der Waals surface area contributed by atoms with Gasteiger partial charge in [0.25, 0.3) is 0 Å². The predicted octanol–water partition coefficient (Wildman–Crippen LogP) is -0.264. The number of nitrogens with zero attached hydrogens (tertiary/aromatic N) is 1. The van der Waals surface area contributed by atoms with Gasteiger partial charge in [0.15, 0.2) is 0 Å². The van der Waals surface area contributed by atoms with E-state index < -0.39 is 0 Å². The number of hydrogen-bond donors (Lipinski definition) is 1. The van der Waals surface area contributed by atoms with Crippen LogP contribution in [0.3, 0.4) is 0 Å². The summed E-state index contributed by atoms with van der Waals surface area (Å²) in [6, 6.07) is 0. The van der Waals surface area contributed by atoms with Crippen molar-refractivity contribution < 1.29 is 9.47 Å². The van der Waals surface area contributed by atoms with E-state index in [1.54, 1.807) is 0 Å². The maximum atomic E-state index is 5.29. The van der Waals surface area contributed by atoms with Crippen LogP contribution in [-0.4, -0.2) is 31.6 Å². The molecule has 0 amide bonds. The first-order valence-electron chi connectivity index (χ1n) is 3.28. The molecule has 0 spiro atoms. The summed E-state index contributed by atoms with van der Waals surface area (Å²) in [5.41, 5.74) is 0.791. The van der Waals surface area contributed by atoms with Crippen LogP contribution in [0.15, 0.2) is 5.10 Å². The number of ether oxygens (including phenoxy) is 2. The van der Waals surface area contributed by atoms with Crippen molar-refractivity contribution in [1.29, 1.82) is 0 Å². The van der Waals surface area contributed by atoms with E-state index in [0.29, 0.717) is 19.8 Å². The Morgan fingerprint density at radius 3 is 2.90 bits per heavy atom. The third-order valence-electron chi connectivity index (χ3n) is 1.49. The van der Waals surface area contributed by atoms with Crippen molar-refractivity contribution >= 4 is 5.71 Å². The minimum absolute atomic E-state index is 0.0289. The smallest absolute Gasteiger partial charge is 0.120 e. The van der Waals surface area contributed by atoms with E-state index in [-0.39, 0.29) is 6.10 Å². The Labute approximate surface area is 60.0 Å². The Hall–Kier alpha value is -0.610. The molecule has 0 unspecified atom stereocenters. The van der Waals surface area contributed by atoms with E-state index in [1.165, 1.54) is 0 Å². The SMILES string of the molecule is C/C(=N\N)[C@@H]1COCCO1. The van der Waals surface area contributed by atoms with Gasteiger partial charge in [-0.05, 0) is 6.92 Å². The lowest BCUT2D eigenvalue weighted by atomic mass is 10.2. The third kappa shape index (κ3) is 1.68. The Bertz CT molecular complexity index is 130. The van der Waals surface area contributed by atoms with E-state index in [4.69, 9.17) is 15.3 Å². The topological polar surface area (TPSA) is 56.8 Å². The minimum Gasteiger partial charge on any atom is -0.376 e. The maximum Gasteiger partial charge on any atom is 0.120 e. The zero-order valence-corrected chi connectivity index (χ0v) is 6.04. The summed E-state index contributed by atoms with van der Waals surface area (Å²) in [5.74, 6) is 5.06. The van der Waals surface area contributed by atoms with Gasteiger partial charge in [0.2, 0.25) is 0 Å². The van der Waals surface area contributed by atoms with Gasteiger partial charge >= 0.3 is 0 Å². The molecule has 1 aliphatic rings. The van der Waals surface area contributed by atoms with Crippen molar-refractivity contribution in [2.75, 3.05) is 19.8 Å². The van der Waals surface area contributed by atoms with Gasteiger partial charge in [0, 0.05) is 0 Å². The standard InChI is InChI=1S/C6H12N2O2/c1-5(8-7)6-4-9-2-3-10-6/h6H,2-4,7H2,1H3/b8-5+/t6-/m0/s1. The van der Waals surface area contributed by atoms with Crippen molar-refractivity contribution in [3.05, 3.63) is 0 Å². The molecule has 0 saturated carbocycles. The molecule has 0 aromatic carbocycles.